The molecule has 0 bridgehead atoms. The number of hydrogen-bond acceptors (Lipinski definition) is 4. The minimum atomic E-state index is -0.553. The van der Waals surface area contributed by atoms with Crippen molar-refractivity contribution in [1.82, 2.24) is 0 Å². The van der Waals surface area contributed by atoms with E-state index in [0.29, 0.717) is 44.0 Å². The molecule has 0 unspecified atom stereocenters. The van der Waals surface area contributed by atoms with E-state index in [4.69, 9.17) is 10.5 Å². The third-order valence-electron chi connectivity index (χ3n) is 4.26. The van der Waals surface area contributed by atoms with E-state index in [1.807, 2.05) is 13.8 Å². The number of halogens is 1. The largest absolute Gasteiger partial charge is 0.381 e. The van der Waals surface area contributed by atoms with Crippen molar-refractivity contribution in [3.8, 4) is 0 Å². The molecule has 2 rings (SSSR count). The van der Waals surface area contributed by atoms with Gasteiger partial charge in [-0.15, -0.1) is 12.4 Å². The van der Waals surface area contributed by atoms with E-state index < -0.39 is 5.41 Å². The second-order valence-corrected chi connectivity index (χ2v) is 6.27. The highest BCUT2D eigenvalue weighted by Gasteiger charge is 2.38. The molecular formula is C17H26ClN3O3. The van der Waals surface area contributed by atoms with E-state index in [9.17, 15) is 9.59 Å². The summed E-state index contributed by atoms with van der Waals surface area (Å²) in [4.78, 5) is 24.2. The highest BCUT2D eigenvalue weighted by molar-refractivity contribution is 5.96. The normalized spacial score (nSPS) is 16.2. The summed E-state index contributed by atoms with van der Waals surface area (Å²) in [6.07, 6.45) is 1.27. The number of carbonyl (C=O) groups excluding carboxylic acids is 2. The van der Waals surface area contributed by atoms with Crippen LogP contribution in [-0.2, 0) is 14.3 Å². The van der Waals surface area contributed by atoms with Gasteiger partial charge in [-0.2, -0.15) is 0 Å². The minimum Gasteiger partial charge on any atom is -0.381 e. The molecule has 1 aromatic rings. The van der Waals surface area contributed by atoms with Gasteiger partial charge in [-0.05, 0) is 37.1 Å². The van der Waals surface area contributed by atoms with Crippen LogP contribution in [0, 0.1) is 11.3 Å². The topological polar surface area (TPSA) is 93.5 Å². The lowest BCUT2D eigenvalue weighted by molar-refractivity contribution is -0.130. The first-order valence-corrected chi connectivity index (χ1v) is 7.97. The highest BCUT2D eigenvalue weighted by atomic mass is 35.5. The number of nitrogens with two attached hydrogens (primary N) is 1. The lowest BCUT2D eigenvalue weighted by Crippen LogP contribution is -2.46. The molecule has 0 aromatic heterocycles. The van der Waals surface area contributed by atoms with Crippen LogP contribution in [-0.4, -0.2) is 31.6 Å². The SMILES string of the molecule is CC(C)C(=O)Nc1ccc(NC(=O)C2(CN)CCOCC2)cc1.Cl. The molecule has 2 amide bonds. The van der Waals surface area contributed by atoms with Gasteiger partial charge in [-0.1, -0.05) is 13.8 Å². The maximum absolute atomic E-state index is 12.6. The summed E-state index contributed by atoms with van der Waals surface area (Å²) < 4.78 is 5.32. The first-order valence-electron chi connectivity index (χ1n) is 7.97. The molecule has 1 aliphatic heterocycles. The number of nitrogens with one attached hydrogen (secondary N) is 2. The van der Waals surface area contributed by atoms with Crippen LogP contribution in [0.2, 0.25) is 0 Å². The van der Waals surface area contributed by atoms with Gasteiger partial charge in [-0.3, -0.25) is 9.59 Å². The standard InChI is InChI=1S/C17H25N3O3.ClH/c1-12(2)15(21)19-13-3-5-14(6-4-13)20-16(22)17(11-18)7-9-23-10-8-17;/h3-6,12H,7-11,18H2,1-2H3,(H,19,21)(H,20,22);1H. The van der Waals surface area contributed by atoms with Gasteiger partial charge in [0.25, 0.3) is 0 Å². The molecule has 0 atom stereocenters. The summed E-state index contributed by atoms with van der Waals surface area (Å²) in [5.74, 6) is -0.180. The van der Waals surface area contributed by atoms with Gasteiger partial charge in [0.2, 0.25) is 11.8 Å². The number of benzene rings is 1. The number of carbonyl (C=O) groups is 2. The zero-order chi connectivity index (χ0) is 16.9. The molecule has 1 fully saturated rings. The van der Waals surface area contributed by atoms with Crippen molar-refractivity contribution >= 4 is 35.6 Å². The average Bonchev–Trinajstić information content (AvgIpc) is 2.57. The monoisotopic (exact) mass is 355 g/mol. The molecule has 1 aliphatic rings. The van der Waals surface area contributed by atoms with Crippen LogP contribution >= 0.6 is 12.4 Å². The fraction of sp³-hybridized carbons (Fsp3) is 0.529. The number of ether oxygens (including phenoxy) is 1. The van der Waals surface area contributed by atoms with E-state index >= 15 is 0 Å². The first kappa shape index (κ1) is 20.4. The molecule has 0 aliphatic carbocycles. The van der Waals surface area contributed by atoms with Crippen molar-refractivity contribution in [2.75, 3.05) is 30.4 Å². The number of rotatable bonds is 5. The molecule has 1 saturated heterocycles. The van der Waals surface area contributed by atoms with Crippen molar-refractivity contribution in [3.63, 3.8) is 0 Å². The summed E-state index contributed by atoms with van der Waals surface area (Å²) in [6.45, 7) is 5.11. The van der Waals surface area contributed by atoms with Crippen molar-refractivity contribution in [2.45, 2.75) is 26.7 Å². The predicted molar refractivity (Wildman–Crippen MR) is 97.3 cm³/mol. The Morgan fingerprint density at radius 2 is 1.62 bits per heavy atom. The van der Waals surface area contributed by atoms with E-state index in [-0.39, 0.29) is 30.1 Å². The maximum atomic E-state index is 12.6. The quantitative estimate of drug-likeness (QED) is 0.756. The lowest BCUT2D eigenvalue weighted by Gasteiger charge is -2.34. The lowest BCUT2D eigenvalue weighted by atomic mass is 9.79. The molecule has 4 N–H and O–H groups in total. The van der Waals surface area contributed by atoms with Crippen LogP contribution in [0.15, 0.2) is 24.3 Å². The molecule has 1 heterocycles. The van der Waals surface area contributed by atoms with E-state index in [1.165, 1.54) is 0 Å². The summed E-state index contributed by atoms with van der Waals surface area (Å²) in [5, 5.41) is 5.74. The predicted octanol–water partition coefficient (Wildman–Crippen LogP) is 2.40. The average molecular weight is 356 g/mol. The Morgan fingerprint density at radius 3 is 2.08 bits per heavy atom. The fourth-order valence-corrected chi connectivity index (χ4v) is 2.47. The van der Waals surface area contributed by atoms with Crippen LogP contribution in [0.5, 0.6) is 0 Å². The summed E-state index contributed by atoms with van der Waals surface area (Å²) in [7, 11) is 0. The smallest absolute Gasteiger partial charge is 0.232 e. The Hall–Kier alpha value is -1.63. The van der Waals surface area contributed by atoms with Gasteiger partial charge < -0.3 is 21.1 Å². The van der Waals surface area contributed by atoms with E-state index in [2.05, 4.69) is 10.6 Å². The van der Waals surface area contributed by atoms with Crippen LogP contribution in [0.4, 0.5) is 11.4 Å². The molecule has 0 radical (unpaired) electrons. The zero-order valence-electron chi connectivity index (χ0n) is 14.1. The molecule has 0 saturated carbocycles. The van der Waals surface area contributed by atoms with Gasteiger partial charge in [-0.25, -0.2) is 0 Å². The first-order chi connectivity index (χ1) is 11.0. The third-order valence-corrected chi connectivity index (χ3v) is 4.26. The molecule has 0 spiro atoms. The Labute approximate surface area is 148 Å². The molecule has 134 valence electrons. The Morgan fingerprint density at radius 1 is 1.12 bits per heavy atom. The molecule has 24 heavy (non-hydrogen) atoms. The second-order valence-electron chi connectivity index (χ2n) is 6.27. The molecule has 1 aromatic carbocycles. The molecular weight excluding hydrogens is 330 g/mol. The van der Waals surface area contributed by atoms with Crippen LogP contribution < -0.4 is 16.4 Å². The van der Waals surface area contributed by atoms with Crippen LogP contribution in [0.1, 0.15) is 26.7 Å². The fourth-order valence-electron chi connectivity index (χ4n) is 2.47. The van der Waals surface area contributed by atoms with Gasteiger partial charge >= 0.3 is 0 Å². The summed E-state index contributed by atoms with van der Waals surface area (Å²) in [6, 6.07) is 7.10. The van der Waals surface area contributed by atoms with Crippen LogP contribution in [0.3, 0.4) is 0 Å². The Bertz CT molecular complexity index is 555. The van der Waals surface area contributed by atoms with Gasteiger partial charge in [0.1, 0.15) is 0 Å². The van der Waals surface area contributed by atoms with Gasteiger partial charge in [0.05, 0.1) is 5.41 Å². The highest BCUT2D eigenvalue weighted by Crippen LogP contribution is 2.31. The number of amides is 2. The van der Waals surface area contributed by atoms with E-state index in [0.717, 1.165) is 0 Å². The number of hydrogen-bond donors (Lipinski definition) is 3. The van der Waals surface area contributed by atoms with Gasteiger partial charge in [0, 0.05) is 37.1 Å². The van der Waals surface area contributed by atoms with Crippen molar-refractivity contribution in [3.05, 3.63) is 24.3 Å². The summed E-state index contributed by atoms with van der Waals surface area (Å²) in [5.41, 5.74) is 6.68. The van der Waals surface area contributed by atoms with Crippen LogP contribution in [0.25, 0.3) is 0 Å². The molecule has 6 nitrogen and oxygen atoms in total. The maximum Gasteiger partial charge on any atom is 0.232 e. The molecule has 7 heteroatoms. The summed E-state index contributed by atoms with van der Waals surface area (Å²) >= 11 is 0. The number of anilines is 2. The Balaban J connectivity index is 0.00000288. The minimum absolute atomic E-state index is 0. The zero-order valence-corrected chi connectivity index (χ0v) is 14.9. The van der Waals surface area contributed by atoms with Crippen molar-refractivity contribution in [2.24, 2.45) is 17.1 Å². The van der Waals surface area contributed by atoms with E-state index in [1.54, 1.807) is 24.3 Å². The van der Waals surface area contributed by atoms with Gasteiger partial charge in [0.15, 0.2) is 0 Å². The van der Waals surface area contributed by atoms with Crippen molar-refractivity contribution < 1.29 is 14.3 Å². The Kier molecular flexibility index (Phi) is 7.66. The van der Waals surface area contributed by atoms with Crippen molar-refractivity contribution in [1.29, 1.82) is 0 Å². The third kappa shape index (κ3) is 4.93. The second kappa shape index (κ2) is 9.01.